The molecule has 4 aliphatic rings. The van der Waals surface area contributed by atoms with Crippen LogP contribution in [0.4, 0.5) is 0 Å². The summed E-state index contributed by atoms with van der Waals surface area (Å²) in [6.45, 7) is 5.51. The average Bonchev–Trinajstić information content (AvgIpc) is 3.04. The van der Waals surface area contributed by atoms with Gasteiger partial charge in [0.25, 0.3) is 0 Å². The van der Waals surface area contributed by atoms with E-state index in [4.69, 9.17) is 14.5 Å². The fraction of sp³-hybridized carbons (Fsp3) is 0.900. The van der Waals surface area contributed by atoms with Crippen LogP contribution in [-0.2, 0) is 14.3 Å². The Kier molecular flexibility index (Phi) is 5.60. The zero-order valence-corrected chi connectivity index (χ0v) is 16.7. The molecule has 0 bridgehead atoms. The zero-order valence-electron chi connectivity index (χ0n) is 16.7. The van der Waals surface area contributed by atoms with E-state index in [1.807, 2.05) is 4.90 Å². The van der Waals surface area contributed by atoms with Gasteiger partial charge in [-0.2, -0.15) is 0 Å². The molecule has 0 aromatic heterocycles. The number of rotatable bonds is 5. The van der Waals surface area contributed by atoms with Gasteiger partial charge in [-0.1, -0.05) is 6.42 Å². The third kappa shape index (κ3) is 3.44. The lowest BCUT2D eigenvalue weighted by molar-refractivity contribution is -0.171. The number of aliphatic imine (C=N–C) groups is 1. The van der Waals surface area contributed by atoms with Crippen molar-refractivity contribution in [2.24, 2.45) is 16.3 Å². The molecule has 0 aromatic rings. The molecule has 4 rings (SSSR count). The van der Waals surface area contributed by atoms with E-state index < -0.39 is 0 Å². The lowest BCUT2D eigenvalue weighted by Crippen LogP contribution is -2.72. The molecule has 0 aromatic carbocycles. The quantitative estimate of drug-likeness (QED) is 0.554. The topological polar surface area (TPSA) is 75.2 Å². The molecule has 27 heavy (non-hydrogen) atoms. The number of nitrogens with one attached hydrogen (secondary N) is 2. The Labute approximate surface area is 162 Å². The highest BCUT2D eigenvalue weighted by Gasteiger charge is 2.66. The second kappa shape index (κ2) is 7.95. The van der Waals surface area contributed by atoms with Crippen molar-refractivity contribution >= 4 is 11.9 Å². The summed E-state index contributed by atoms with van der Waals surface area (Å²) in [5.41, 5.74) is 0.354. The molecular weight excluding hydrogens is 344 g/mol. The first-order chi connectivity index (χ1) is 13.2. The van der Waals surface area contributed by atoms with Gasteiger partial charge in [0.2, 0.25) is 5.91 Å². The summed E-state index contributed by atoms with van der Waals surface area (Å²) in [7, 11) is 1.57. The number of hydrogen-bond acceptors (Lipinski definition) is 4. The van der Waals surface area contributed by atoms with Gasteiger partial charge in [0, 0.05) is 56.8 Å². The summed E-state index contributed by atoms with van der Waals surface area (Å²) in [6.07, 6.45) is 7.43. The normalized spacial score (nSPS) is 32.6. The largest absolute Gasteiger partial charge is 0.377 e. The van der Waals surface area contributed by atoms with Gasteiger partial charge in [0.05, 0.1) is 6.10 Å². The summed E-state index contributed by atoms with van der Waals surface area (Å²) >= 11 is 0. The minimum atomic E-state index is 0.0881. The number of carbonyl (C=O) groups excluding carboxylic acids is 1. The van der Waals surface area contributed by atoms with E-state index in [0.717, 1.165) is 45.0 Å². The number of fused-ring (bicyclic) bond motifs is 2. The predicted molar refractivity (Wildman–Crippen MR) is 104 cm³/mol. The fourth-order valence-electron chi connectivity index (χ4n) is 5.58. The Morgan fingerprint density at radius 3 is 2.67 bits per heavy atom. The molecule has 3 unspecified atom stereocenters. The fourth-order valence-corrected chi connectivity index (χ4v) is 5.58. The van der Waals surface area contributed by atoms with Crippen molar-refractivity contribution in [1.82, 2.24) is 15.5 Å². The second-order valence-electron chi connectivity index (χ2n) is 8.51. The summed E-state index contributed by atoms with van der Waals surface area (Å²) in [5, 5.41) is 7.42. The van der Waals surface area contributed by atoms with Gasteiger partial charge in [0.15, 0.2) is 5.96 Å². The first-order valence-electron chi connectivity index (χ1n) is 10.6. The van der Waals surface area contributed by atoms with Crippen molar-refractivity contribution in [1.29, 1.82) is 0 Å². The van der Waals surface area contributed by atoms with E-state index in [0.29, 0.717) is 29.5 Å². The van der Waals surface area contributed by atoms with Crippen LogP contribution in [0, 0.1) is 11.3 Å². The molecule has 7 heteroatoms. The maximum absolute atomic E-state index is 12.0. The van der Waals surface area contributed by atoms with Crippen LogP contribution in [0.25, 0.3) is 0 Å². The van der Waals surface area contributed by atoms with Crippen LogP contribution < -0.4 is 10.6 Å². The minimum Gasteiger partial charge on any atom is -0.377 e. The summed E-state index contributed by atoms with van der Waals surface area (Å²) in [5.74, 6) is 1.67. The molecule has 2 heterocycles. The van der Waals surface area contributed by atoms with Crippen molar-refractivity contribution < 1.29 is 14.3 Å². The van der Waals surface area contributed by atoms with Crippen molar-refractivity contribution in [3.63, 3.8) is 0 Å². The first-order valence-corrected chi connectivity index (χ1v) is 10.6. The van der Waals surface area contributed by atoms with Crippen LogP contribution in [0.5, 0.6) is 0 Å². The van der Waals surface area contributed by atoms with Crippen molar-refractivity contribution in [3.05, 3.63) is 0 Å². The van der Waals surface area contributed by atoms with Gasteiger partial charge >= 0.3 is 0 Å². The molecule has 2 N–H and O–H groups in total. The maximum Gasteiger partial charge on any atom is 0.248 e. The van der Waals surface area contributed by atoms with Gasteiger partial charge in [0.1, 0.15) is 6.61 Å². The van der Waals surface area contributed by atoms with E-state index in [-0.39, 0.29) is 12.5 Å². The highest BCUT2D eigenvalue weighted by molar-refractivity contribution is 5.81. The number of methoxy groups -OCH3 is 1. The van der Waals surface area contributed by atoms with E-state index in [9.17, 15) is 4.79 Å². The molecule has 3 atom stereocenters. The third-order valence-electron chi connectivity index (χ3n) is 7.10. The molecular formula is C20H34N4O3. The van der Waals surface area contributed by atoms with Crippen molar-refractivity contribution in [3.8, 4) is 0 Å². The van der Waals surface area contributed by atoms with E-state index in [2.05, 4.69) is 17.6 Å². The number of likely N-dealkylation sites (tertiary alicyclic amines) is 1. The summed E-state index contributed by atoms with van der Waals surface area (Å²) < 4.78 is 11.0. The summed E-state index contributed by atoms with van der Waals surface area (Å²) in [4.78, 5) is 18.6. The number of ether oxygens (including phenoxy) is 2. The average molecular weight is 379 g/mol. The smallest absolute Gasteiger partial charge is 0.248 e. The first kappa shape index (κ1) is 19.0. The lowest BCUT2D eigenvalue weighted by atomic mass is 9.46. The van der Waals surface area contributed by atoms with Crippen molar-refractivity contribution in [2.75, 3.05) is 40.0 Å². The maximum atomic E-state index is 12.0. The summed E-state index contributed by atoms with van der Waals surface area (Å²) in [6, 6.07) is 0.863. The zero-order chi connectivity index (χ0) is 18.9. The van der Waals surface area contributed by atoms with E-state index >= 15 is 0 Å². The van der Waals surface area contributed by atoms with Crippen LogP contribution in [0.2, 0.25) is 0 Å². The number of nitrogens with zero attached hydrogens (tertiary/aromatic N) is 2. The third-order valence-corrected chi connectivity index (χ3v) is 7.10. The molecule has 2 saturated heterocycles. The Bertz CT molecular complexity index is 570. The van der Waals surface area contributed by atoms with Crippen LogP contribution >= 0.6 is 0 Å². The Hall–Kier alpha value is -1.34. The van der Waals surface area contributed by atoms with Crippen LogP contribution in [0.15, 0.2) is 4.99 Å². The van der Waals surface area contributed by atoms with Gasteiger partial charge < -0.3 is 25.0 Å². The molecule has 152 valence electrons. The van der Waals surface area contributed by atoms with Gasteiger partial charge in [-0.15, -0.1) is 0 Å². The number of piperidine rings is 1. The van der Waals surface area contributed by atoms with Gasteiger partial charge in [-0.05, 0) is 39.0 Å². The molecule has 1 amide bonds. The Morgan fingerprint density at radius 1 is 1.26 bits per heavy atom. The molecule has 2 aliphatic carbocycles. The Morgan fingerprint density at radius 2 is 2.04 bits per heavy atom. The van der Waals surface area contributed by atoms with Gasteiger partial charge in [-0.3, -0.25) is 9.79 Å². The van der Waals surface area contributed by atoms with Crippen LogP contribution in [0.1, 0.15) is 45.4 Å². The minimum absolute atomic E-state index is 0.0881. The molecule has 2 saturated carbocycles. The number of carbonyl (C=O) groups is 1. The molecule has 1 spiro atoms. The van der Waals surface area contributed by atoms with Crippen LogP contribution in [0.3, 0.4) is 0 Å². The highest BCUT2D eigenvalue weighted by atomic mass is 16.5. The lowest BCUT2D eigenvalue weighted by Gasteiger charge is -2.63. The SMILES string of the molecule is CCN=C(NC1CCN(C(=O)COC)CC1)NC1C2CCOC2C12CCC2. The number of guanidine groups is 1. The number of hydrogen-bond donors (Lipinski definition) is 2. The van der Waals surface area contributed by atoms with Gasteiger partial charge in [-0.25, -0.2) is 0 Å². The highest BCUT2D eigenvalue weighted by Crippen LogP contribution is 2.62. The van der Waals surface area contributed by atoms with E-state index in [1.165, 1.54) is 25.7 Å². The monoisotopic (exact) mass is 378 g/mol. The van der Waals surface area contributed by atoms with E-state index in [1.54, 1.807) is 7.11 Å². The van der Waals surface area contributed by atoms with Crippen LogP contribution in [-0.4, -0.2) is 74.9 Å². The molecule has 7 nitrogen and oxygen atoms in total. The molecule has 4 fully saturated rings. The number of amides is 1. The predicted octanol–water partition coefficient (Wildman–Crippen LogP) is 1.14. The second-order valence-corrected chi connectivity index (χ2v) is 8.51. The molecule has 0 radical (unpaired) electrons. The standard InChI is InChI=1S/C20H34N4O3/c1-3-21-19(22-14-5-10-24(11-6-14)16(25)13-26-2)23-17-15-7-12-27-18(15)20(17)8-4-9-20/h14-15,17-18H,3-13H2,1-2H3,(H2,21,22,23). The Balaban J connectivity index is 1.32. The van der Waals surface area contributed by atoms with Crippen molar-refractivity contribution in [2.45, 2.75) is 63.6 Å². The molecule has 2 aliphatic heterocycles.